The lowest BCUT2D eigenvalue weighted by atomic mass is 10.1. The summed E-state index contributed by atoms with van der Waals surface area (Å²) in [7, 11) is 0. The number of anilines is 1. The molecule has 2 N–H and O–H groups in total. The number of azide groups is 1. The van der Waals surface area contributed by atoms with Gasteiger partial charge in [0.15, 0.2) is 0 Å². The molecule has 8 nitrogen and oxygen atoms in total. The molecule has 2 heterocycles. The van der Waals surface area contributed by atoms with E-state index in [-0.39, 0.29) is 6.04 Å². The molecule has 0 bridgehead atoms. The van der Waals surface area contributed by atoms with Crippen LogP contribution in [0.3, 0.4) is 0 Å². The van der Waals surface area contributed by atoms with Crippen molar-refractivity contribution in [3.63, 3.8) is 0 Å². The SMILES string of the molecule is [N-]=[N+]=Nc1cnccc1N1CCC[C@H](NC(=O)O)C1. The van der Waals surface area contributed by atoms with Crippen LogP contribution in [0.1, 0.15) is 12.8 Å². The molecule has 0 aliphatic carbocycles. The fraction of sp³-hybridized carbons (Fsp3) is 0.455. The minimum atomic E-state index is -1.02. The fourth-order valence-corrected chi connectivity index (χ4v) is 2.26. The van der Waals surface area contributed by atoms with E-state index in [1.54, 1.807) is 12.3 Å². The maximum absolute atomic E-state index is 10.7. The van der Waals surface area contributed by atoms with Gasteiger partial charge in [0.05, 0.1) is 5.69 Å². The van der Waals surface area contributed by atoms with Gasteiger partial charge >= 0.3 is 6.09 Å². The highest BCUT2D eigenvalue weighted by Gasteiger charge is 2.22. The summed E-state index contributed by atoms with van der Waals surface area (Å²) >= 11 is 0. The number of aromatic nitrogens is 1. The first kappa shape index (κ1) is 13.0. The van der Waals surface area contributed by atoms with E-state index in [1.165, 1.54) is 6.20 Å². The molecule has 1 amide bonds. The quantitative estimate of drug-likeness (QED) is 0.494. The standard InChI is InChI=1S/C11H14N6O2/c12-16-15-9-6-13-4-3-10(9)17-5-1-2-8(7-17)14-11(18)19/h3-4,6,8,14H,1-2,5,7H2,(H,18,19)/t8-/m0/s1. The summed E-state index contributed by atoms with van der Waals surface area (Å²) in [6.07, 6.45) is 3.80. The van der Waals surface area contributed by atoms with Crippen molar-refractivity contribution < 1.29 is 9.90 Å². The van der Waals surface area contributed by atoms with Crippen molar-refractivity contribution in [2.45, 2.75) is 18.9 Å². The van der Waals surface area contributed by atoms with Crippen LogP contribution in [0.25, 0.3) is 10.4 Å². The number of piperidine rings is 1. The molecule has 1 atom stereocenters. The van der Waals surface area contributed by atoms with Crippen molar-refractivity contribution in [2.75, 3.05) is 18.0 Å². The molecule has 8 heteroatoms. The van der Waals surface area contributed by atoms with Crippen molar-refractivity contribution in [1.82, 2.24) is 10.3 Å². The Morgan fingerprint density at radius 3 is 3.26 bits per heavy atom. The molecule has 2 rings (SSSR count). The molecule has 1 aliphatic rings. The molecule has 1 aliphatic heterocycles. The molecular weight excluding hydrogens is 248 g/mol. The van der Waals surface area contributed by atoms with Crippen molar-refractivity contribution in [3.8, 4) is 0 Å². The van der Waals surface area contributed by atoms with E-state index in [2.05, 4.69) is 20.3 Å². The Labute approximate surface area is 109 Å². The van der Waals surface area contributed by atoms with Gasteiger partial charge in [0.2, 0.25) is 0 Å². The van der Waals surface area contributed by atoms with Gasteiger partial charge in [0.25, 0.3) is 0 Å². The number of nitrogens with zero attached hydrogens (tertiary/aromatic N) is 5. The second-order valence-corrected chi connectivity index (χ2v) is 4.29. The minimum Gasteiger partial charge on any atom is -0.465 e. The minimum absolute atomic E-state index is 0.113. The Kier molecular flexibility index (Phi) is 4.04. The van der Waals surface area contributed by atoms with Crippen LogP contribution in [0.2, 0.25) is 0 Å². The van der Waals surface area contributed by atoms with Gasteiger partial charge in [-0.3, -0.25) is 4.98 Å². The van der Waals surface area contributed by atoms with E-state index in [0.29, 0.717) is 12.2 Å². The lowest BCUT2D eigenvalue weighted by molar-refractivity contribution is 0.188. The van der Waals surface area contributed by atoms with Gasteiger partial charge < -0.3 is 15.3 Å². The van der Waals surface area contributed by atoms with Gasteiger partial charge in [-0.15, -0.1) is 0 Å². The number of nitrogens with one attached hydrogen (secondary N) is 1. The van der Waals surface area contributed by atoms with Gasteiger partial charge in [-0.25, -0.2) is 4.79 Å². The second-order valence-electron chi connectivity index (χ2n) is 4.29. The van der Waals surface area contributed by atoms with Gasteiger partial charge in [0.1, 0.15) is 0 Å². The molecule has 1 fully saturated rings. The summed E-state index contributed by atoms with van der Waals surface area (Å²) < 4.78 is 0. The summed E-state index contributed by atoms with van der Waals surface area (Å²) in [5.74, 6) is 0. The largest absolute Gasteiger partial charge is 0.465 e. The van der Waals surface area contributed by atoms with Crippen LogP contribution < -0.4 is 10.2 Å². The van der Waals surface area contributed by atoms with E-state index in [0.717, 1.165) is 25.1 Å². The van der Waals surface area contributed by atoms with Crippen LogP contribution in [-0.4, -0.2) is 35.3 Å². The van der Waals surface area contributed by atoms with Gasteiger partial charge in [0, 0.05) is 42.1 Å². The van der Waals surface area contributed by atoms with Crippen LogP contribution in [0, 0.1) is 0 Å². The first-order valence-electron chi connectivity index (χ1n) is 5.94. The number of carbonyl (C=O) groups is 1. The third-order valence-corrected chi connectivity index (χ3v) is 3.02. The molecule has 0 unspecified atom stereocenters. The van der Waals surface area contributed by atoms with Crippen LogP contribution >= 0.6 is 0 Å². The molecular formula is C11H14N6O2. The van der Waals surface area contributed by atoms with Gasteiger partial charge in [-0.05, 0) is 24.4 Å². The second kappa shape index (κ2) is 5.92. The molecule has 0 spiro atoms. The Morgan fingerprint density at radius 2 is 2.53 bits per heavy atom. The summed E-state index contributed by atoms with van der Waals surface area (Å²) in [6, 6.07) is 1.66. The summed E-state index contributed by atoms with van der Waals surface area (Å²) in [6.45, 7) is 1.36. The zero-order chi connectivity index (χ0) is 13.7. The molecule has 100 valence electrons. The Morgan fingerprint density at radius 1 is 1.68 bits per heavy atom. The molecule has 19 heavy (non-hydrogen) atoms. The molecule has 0 radical (unpaired) electrons. The summed E-state index contributed by atoms with van der Waals surface area (Å²) in [5, 5.41) is 14.9. The summed E-state index contributed by atoms with van der Waals surface area (Å²) in [4.78, 5) is 19.4. The van der Waals surface area contributed by atoms with E-state index >= 15 is 0 Å². The average Bonchev–Trinajstić information content (AvgIpc) is 2.39. The number of hydrogen-bond acceptors (Lipinski definition) is 4. The number of hydrogen-bond donors (Lipinski definition) is 2. The van der Waals surface area contributed by atoms with E-state index in [9.17, 15) is 4.79 Å². The van der Waals surface area contributed by atoms with Gasteiger partial charge in [-0.1, -0.05) is 5.11 Å². The predicted molar refractivity (Wildman–Crippen MR) is 69.4 cm³/mol. The Balaban J connectivity index is 2.17. The third-order valence-electron chi connectivity index (χ3n) is 3.02. The Hall–Kier alpha value is -2.47. The lowest BCUT2D eigenvalue weighted by Crippen LogP contribution is -2.47. The van der Waals surface area contributed by atoms with Crippen molar-refractivity contribution >= 4 is 17.5 Å². The maximum Gasteiger partial charge on any atom is 0.404 e. The zero-order valence-corrected chi connectivity index (χ0v) is 10.2. The highest BCUT2D eigenvalue weighted by Crippen LogP contribution is 2.29. The number of amides is 1. The smallest absolute Gasteiger partial charge is 0.404 e. The van der Waals surface area contributed by atoms with Crippen molar-refractivity contribution in [1.29, 1.82) is 0 Å². The van der Waals surface area contributed by atoms with Crippen LogP contribution in [0.5, 0.6) is 0 Å². The topological polar surface area (TPSA) is 114 Å². The lowest BCUT2D eigenvalue weighted by Gasteiger charge is -2.34. The van der Waals surface area contributed by atoms with Gasteiger partial charge in [-0.2, -0.15) is 0 Å². The van der Waals surface area contributed by atoms with E-state index in [1.807, 2.05) is 4.90 Å². The molecule has 1 saturated heterocycles. The van der Waals surface area contributed by atoms with Crippen molar-refractivity contribution in [2.24, 2.45) is 5.11 Å². The maximum atomic E-state index is 10.7. The highest BCUT2D eigenvalue weighted by atomic mass is 16.4. The summed E-state index contributed by atoms with van der Waals surface area (Å²) in [5.41, 5.74) is 9.78. The third kappa shape index (κ3) is 3.26. The molecule has 0 aromatic carbocycles. The van der Waals surface area contributed by atoms with Crippen LogP contribution in [-0.2, 0) is 0 Å². The van der Waals surface area contributed by atoms with Crippen LogP contribution in [0.15, 0.2) is 23.6 Å². The predicted octanol–water partition coefficient (Wildman–Crippen LogP) is 2.26. The molecule has 1 aromatic heterocycles. The van der Waals surface area contributed by atoms with Crippen LogP contribution in [0.4, 0.5) is 16.2 Å². The van der Waals surface area contributed by atoms with E-state index in [4.69, 9.17) is 10.6 Å². The number of carboxylic acid groups (broad SMARTS) is 1. The monoisotopic (exact) mass is 262 g/mol. The normalized spacial score (nSPS) is 18.5. The fourth-order valence-electron chi connectivity index (χ4n) is 2.26. The zero-order valence-electron chi connectivity index (χ0n) is 10.2. The highest BCUT2D eigenvalue weighted by molar-refractivity contribution is 5.67. The number of rotatable bonds is 3. The molecule has 1 aromatic rings. The first-order valence-corrected chi connectivity index (χ1v) is 5.94. The Bertz CT molecular complexity index is 514. The molecule has 0 saturated carbocycles. The number of pyridine rings is 1. The van der Waals surface area contributed by atoms with Crippen molar-refractivity contribution in [3.05, 3.63) is 28.9 Å². The first-order chi connectivity index (χ1) is 9.20. The average molecular weight is 262 g/mol. The van der Waals surface area contributed by atoms with E-state index < -0.39 is 6.09 Å².